The topological polar surface area (TPSA) is 87.7 Å². The molecule has 1 aliphatic carbocycles. The van der Waals surface area contributed by atoms with Gasteiger partial charge in [0.05, 0.1) is 6.10 Å². The highest BCUT2D eigenvalue weighted by atomic mass is 16.5. The second kappa shape index (κ2) is 7.86. The molecule has 140 valence electrons. The number of ether oxygens (including phenoxy) is 1. The van der Waals surface area contributed by atoms with Gasteiger partial charge in [-0.3, -0.25) is 15.0 Å². The van der Waals surface area contributed by atoms with Gasteiger partial charge in [0.1, 0.15) is 12.1 Å². The minimum absolute atomic E-state index is 0.0802. The molecule has 1 aromatic carbocycles. The highest BCUT2D eigenvalue weighted by Gasteiger charge is 2.52. The number of carbonyl (C=O) groups is 3. The maximum atomic E-state index is 12.9. The van der Waals surface area contributed by atoms with E-state index in [4.69, 9.17) is 4.74 Å². The van der Waals surface area contributed by atoms with Crippen LogP contribution >= 0.6 is 0 Å². The predicted molar refractivity (Wildman–Crippen MR) is 94.8 cm³/mol. The fraction of sp³-hybridized carbons (Fsp3) is 0.526. The molecule has 1 saturated heterocycles. The Morgan fingerprint density at radius 2 is 1.92 bits per heavy atom. The van der Waals surface area contributed by atoms with Crippen molar-refractivity contribution in [3.63, 3.8) is 0 Å². The smallest absolute Gasteiger partial charge is 0.344 e. The molecule has 2 fully saturated rings. The minimum Gasteiger partial charge on any atom is -0.368 e. The lowest BCUT2D eigenvalue weighted by atomic mass is 9.87. The van der Waals surface area contributed by atoms with E-state index >= 15 is 0 Å². The van der Waals surface area contributed by atoms with Crippen molar-refractivity contribution in [3.8, 4) is 0 Å². The number of imide groups is 1. The van der Waals surface area contributed by atoms with Gasteiger partial charge in [-0.1, -0.05) is 56.5 Å². The molecule has 1 unspecified atom stereocenters. The van der Waals surface area contributed by atoms with E-state index in [-0.39, 0.29) is 12.7 Å². The number of hydrazine groups is 1. The third-order valence-corrected chi connectivity index (χ3v) is 5.13. The first-order valence-electron chi connectivity index (χ1n) is 9.20. The second-order valence-electron chi connectivity index (χ2n) is 6.80. The number of benzene rings is 1. The molecule has 1 aromatic rings. The van der Waals surface area contributed by atoms with Crippen molar-refractivity contribution in [2.75, 3.05) is 6.61 Å². The van der Waals surface area contributed by atoms with Crippen LogP contribution in [0.15, 0.2) is 30.3 Å². The van der Waals surface area contributed by atoms with E-state index in [0.717, 1.165) is 30.7 Å². The summed E-state index contributed by atoms with van der Waals surface area (Å²) in [5, 5.41) is 3.49. The first kappa shape index (κ1) is 18.4. The molecule has 26 heavy (non-hydrogen) atoms. The van der Waals surface area contributed by atoms with Gasteiger partial charge in [0.2, 0.25) is 0 Å². The lowest BCUT2D eigenvalue weighted by Gasteiger charge is -2.25. The molecular formula is C19H25N3O4. The SMILES string of the molecule is CCC1(c2ccccc2)NC(=O)N(NC(=O)COC2CCCCC2)C1=O. The number of hydrogen-bond donors (Lipinski definition) is 2. The van der Waals surface area contributed by atoms with Gasteiger partial charge in [0, 0.05) is 0 Å². The van der Waals surface area contributed by atoms with Gasteiger partial charge in [-0.05, 0) is 24.8 Å². The van der Waals surface area contributed by atoms with E-state index in [1.807, 2.05) is 25.1 Å². The quantitative estimate of drug-likeness (QED) is 0.763. The summed E-state index contributed by atoms with van der Waals surface area (Å²) in [6.07, 6.45) is 5.77. The van der Waals surface area contributed by atoms with E-state index < -0.39 is 23.4 Å². The molecule has 4 amide bonds. The van der Waals surface area contributed by atoms with Gasteiger partial charge in [0.25, 0.3) is 11.8 Å². The Morgan fingerprint density at radius 1 is 1.23 bits per heavy atom. The molecule has 3 rings (SSSR count). The molecule has 1 saturated carbocycles. The van der Waals surface area contributed by atoms with E-state index in [9.17, 15) is 14.4 Å². The number of nitrogens with one attached hydrogen (secondary N) is 2. The van der Waals surface area contributed by atoms with Gasteiger partial charge >= 0.3 is 6.03 Å². The number of nitrogens with zero attached hydrogens (tertiary/aromatic N) is 1. The molecule has 7 nitrogen and oxygen atoms in total. The molecule has 1 atom stereocenters. The van der Waals surface area contributed by atoms with Gasteiger partial charge in [-0.2, -0.15) is 5.01 Å². The normalized spacial score (nSPS) is 23.8. The van der Waals surface area contributed by atoms with Gasteiger partial charge in [-0.25, -0.2) is 4.79 Å². The monoisotopic (exact) mass is 359 g/mol. The molecule has 0 aromatic heterocycles. The van der Waals surface area contributed by atoms with E-state index in [1.54, 1.807) is 12.1 Å². The molecule has 7 heteroatoms. The van der Waals surface area contributed by atoms with Crippen LogP contribution in [0.5, 0.6) is 0 Å². The third-order valence-electron chi connectivity index (χ3n) is 5.13. The Bertz CT molecular complexity index is 673. The zero-order valence-corrected chi connectivity index (χ0v) is 15.0. The summed E-state index contributed by atoms with van der Waals surface area (Å²) in [7, 11) is 0. The summed E-state index contributed by atoms with van der Waals surface area (Å²) < 4.78 is 5.61. The highest BCUT2D eigenvalue weighted by molar-refractivity contribution is 6.08. The first-order valence-corrected chi connectivity index (χ1v) is 9.20. The molecular weight excluding hydrogens is 334 g/mol. The van der Waals surface area contributed by atoms with E-state index in [1.165, 1.54) is 6.42 Å². The summed E-state index contributed by atoms with van der Waals surface area (Å²) in [5.41, 5.74) is 1.92. The van der Waals surface area contributed by atoms with Crippen LogP contribution in [0.2, 0.25) is 0 Å². The lowest BCUT2D eigenvalue weighted by molar-refractivity contribution is -0.142. The Kier molecular flexibility index (Phi) is 5.56. The largest absolute Gasteiger partial charge is 0.368 e. The average molecular weight is 359 g/mol. The van der Waals surface area contributed by atoms with E-state index in [2.05, 4.69) is 10.7 Å². The maximum Gasteiger partial charge on any atom is 0.344 e. The summed E-state index contributed by atoms with van der Waals surface area (Å²) in [6.45, 7) is 1.66. The van der Waals surface area contributed by atoms with Gasteiger partial charge in [0.15, 0.2) is 0 Å². The van der Waals surface area contributed by atoms with Crippen LogP contribution in [0, 0.1) is 0 Å². The zero-order chi connectivity index (χ0) is 18.6. The van der Waals surface area contributed by atoms with Crippen molar-refractivity contribution in [3.05, 3.63) is 35.9 Å². The Hall–Kier alpha value is -2.41. The number of rotatable bonds is 6. The predicted octanol–water partition coefficient (Wildman–Crippen LogP) is 2.22. The maximum absolute atomic E-state index is 12.9. The Morgan fingerprint density at radius 3 is 2.58 bits per heavy atom. The van der Waals surface area contributed by atoms with Crippen molar-refractivity contribution in [1.82, 2.24) is 15.8 Å². The van der Waals surface area contributed by atoms with Crippen LogP contribution < -0.4 is 10.7 Å². The standard InChI is InChI=1S/C19H25N3O4/c1-2-19(14-9-5-3-6-10-14)17(24)22(18(25)20-19)21-16(23)13-26-15-11-7-4-8-12-15/h3,5-6,9-10,15H,2,4,7-8,11-13H2,1H3,(H,20,25)(H,21,23). The van der Waals surface area contributed by atoms with Crippen molar-refractivity contribution >= 4 is 17.8 Å². The Balaban J connectivity index is 1.64. The fourth-order valence-corrected chi connectivity index (χ4v) is 3.62. The average Bonchev–Trinajstić information content (AvgIpc) is 2.93. The lowest BCUT2D eigenvalue weighted by Crippen LogP contribution is -2.49. The number of hydrogen-bond acceptors (Lipinski definition) is 4. The summed E-state index contributed by atoms with van der Waals surface area (Å²) in [4.78, 5) is 37.4. The second-order valence-corrected chi connectivity index (χ2v) is 6.80. The molecule has 1 heterocycles. The van der Waals surface area contributed by atoms with Crippen LogP contribution in [0.1, 0.15) is 51.0 Å². The van der Waals surface area contributed by atoms with E-state index in [0.29, 0.717) is 12.0 Å². The van der Waals surface area contributed by atoms with Crippen LogP contribution in [-0.4, -0.2) is 35.6 Å². The first-order chi connectivity index (χ1) is 12.6. The summed E-state index contributed by atoms with van der Waals surface area (Å²) in [6, 6.07) is 8.41. The summed E-state index contributed by atoms with van der Waals surface area (Å²) in [5.74, 6) is -0.985. The van der Waals surface area contributed by atoms with Crippen molar-refractivity contribution < 1.29 is 19.1 Å². The highest BCUT2D eigenvalue weighted by Crippen LogP contribution is 2.31. The van der Waals surface area contributed by atoms with Crippen LogP contribution in [0.4, 0.5) is 4.79 Å². The molecule has 0 radical (unpaired) electrons. The van der Waals surface area contributed by atoms with Crippen LogP contribution in [-0.2, 0) is 19.9 Å². The number of amides is 4. The molecule has 0 bridgehead atoms. The fourth-order valence-electron chi connectivity index (χ4n) is 3.62. The number of urea groups is 1. The van der Waals surface area contributed by atoms with Gasteiger partial charge in [-0.15, -0.1) is 0 Å². The molecule has 1 aliphatic heterocycles. The van der Waals surface area contributed by atoms with Crippen molar-refractivity contribution in [2.24, 2.45) is 0 Å². The van der Waals surface area contributed by atoms with Crippen LogP contribution in [0.25, 0.3) is 0 Å². The Labute approximate surface area is 153 Å². The zero-order valence-electron chi connectivity index (χ0n) is 15.0. The molecule has 2 aliphatic rings. The van der Waals surface area contributed by atoms with Crippen LogP contribution in [0.3, 0.4) is 0 Å². The van der Waals surface area contributed by atoms with Gasteiger partial charge < -0.3 is 10.1 Å². The van der Waals surface area contributed by atoms with Crippen molar-refractivity contribution in [2.45, 2.75) is 57.1 Å². The van der Waals surface area contributed by atoms with Crippen molar-refractivity contribution in [1.29, 1.82) is 0 Å². The third kappa shape index (κ3) is 3.58. The minimum atomic E-state index is -1.16. The molecule has 0 spiro atoms. The summed E-state index contributed by atoms with van der Waals surface area (Å²) >= 11 is 0. The number of carbonyl (C=O) groups excluding carboxylic acids is 3. The molecule has 2 N–H and O–H groups in total.